The van der Waals surface area contributed by atoms with Crippen LogP contribution < -0.4 is 29.1 Å². The van der Waals surface area contributed by atoms with Crippen LogP contribution in [0.4, 0.5) is 24.4 Å². The molecule has 4 atom stereocenters. The SMILES string of the molecule is COc1ccc(CN(c2ncns2)S(=O)(=O)c2cc(F)c(NC[C@H]([C@H](N[S+]([O-])C(C)(C)C)C3CCC3)[C@@H](C)NC(=O)OC(C)(C)C)cc2F)c(OC)c1. The van der Waals surface area contributed by atoms with Gasteiger partial charge < -0.3 is 29.4 Å². The van der Waals surface area contributed by atoms with Gasteiger partial charge in [0.1, 0.15) is 44.7 Å². The summed E-state index contributed by atoms with van der Waals surface area (Å²) in [6, 6.07) is 5.25. The monoisotopic (exact) mass is 800 g/mol. The van der Waals surface area contributed by atoms with Gasteiger partial charge in [0.05, 0.1) is 32.5 Å². The van der Waals surface area contributed by atoms with Gasteiger partial charge >= 0.3 is 6.09 Å². The van der Waals surface area contributed by atoms with Crippen molar-refractivity contribution in [3.63, 3.8) is 0 Å². The number of anilines is 2. The topological polar surface area (TPSA) is 167 Å². The predicted molar refractivity (Wildman–Crippen MR) is 202 cm³/mol. The van der Waals surface area contributed by atoms with E-state index in [1.54, 1.807) is 45.9 Å². The van der Waals surface area contributed by atoms with Crippen LogP contribution in [0.25, 0.3) is 0 Å². The van der Waals surface area contributed by atoms with E-state index in [2.05, 4.69) is 24.7 Å². The standard InChI is InChI=1S/C35H50F2N6O7S3/c1-21(41-33(44)50-34(2,3)4)25(31(22-11-10-12-22)42-52(45)35(5,6)7)18-38-28-16-27(37)30(17-26(28)36)53(46,47)43(32-39-20-40-51-32)19-23-13-14-24(48-8)15-29(23)49-9/h13-17,20-22,25,31,38,42H,10-12,18-19H2,1-9H3,(H,41,44)/t21-,25+,31-,52?/m1/s1. The zero-order valence-electron chi connectivity index (χ0n) is 31.5. The minimum Gasteiger partial charge on any atom is -0.598 e. The third-order valence-corrected chi connectivity index (χ3v) is 12.9. The number of hydrogen-bond donors (Lipinski definition) is 3. The Bertz CT molecular complexity index is 1800. The fourth-order valence-corrected chi connectivity index (χ4v) is 8.88. The van der Waals surface area contributed by atoms with Crippen LogP contribution in [0.5, 0.6) is 11.5 Å². The molecule has 4 rings (SSSR count). The van der Waals surface area contributed by atoms with Gasteiger partial charge in [-0.1, -0.05) is 6.42 Å². The van der Waals surface area contributed by atoms with Crippen molar-refractivity contribution in [3.8, 4) is 11.5 Å². The Kier molecular flexibility index (Phi) is 13.8. The van der Waals surface area contributed by atoms with Crippen molar-refractivity contribution in [3.05, 3.63) is 53.9 Å². The summed E-state index contributed by atoms with van der Waals surface area (Å²) in [5.74, 6) is -1.82. The number of alkyl carbamates (subject to hydrolysis) is 1. The summed E-state index contributed by atoms with van der Waals surface area (Å²) in [7, 11) is -1.86. The number of benzene rings is 2. The molecule has 53 heavy (non-hydrogen) atoms. The Hall–Kier alpha value is -3.45. The number of rotatable bonds is 16. The van der Waals surface area contributed by atoms with E-state index in [0.29, 0.717) is 23.1 Å². The Morgan fingerprint density at radius 1 is 1.09 bits per heavy atom. The predicted octanol–water partition coefficient (Wildman–Crippen LogP) is 6.39. The molecule has 3 aromatic rings. The van der Waals surface area contributed by atoms with Crippen molar-refractivity contribution < 1.29 is 40.8 Å². The molecule has 1 aromatic heterocycles. The first kappa shape index (κ1) is 42.3. The molecule has 2 aromatic carbocycles. The Morgan fingerprint density at radius 3 is 2.34 bits per heavy atom. The number of halogens is 2. The van der Waals surface area contributed by atoms with Crippen LogP contribution in [0.2, 0.25) is 0 Å². The number of carbonyl (C=O) groups excluding carboxylic acids is 1. The minimum absolute atomic E-state index is 0.00308. The van der Waals surface area contributed by atoms with Gasteiger partial charge in [-0.05, 0) is 85.4 Å². The zero-order chi connectivity index (χ0) is 39.3. The lowest BCUT2D eigenvalue weighted by atomic mass is 9.73. The average molecular weight is 801 g/mol. The second-order valence-electron chi connectivity index (χ2n) is 14.9. The molecule has 0 radical (unpaired) electrons. The van der Waals surface area contributed by atoms with E-state index >= 15 is 8.78 Å². The maximum Gasteiger partial charge on any atom is 0.407 e. The van der Waals surface area contributed by atoms with Crippen LogP contribution >= 0.6 is 11.5 Å². The van der Waals surface area contributed by atoms with Gasteiger partial charge in [0.2, 0.25) is 5.13 Å². The van der Waals surface area contributed by atoms with E-state index in [-0.39, 0.29) is 35.9 Å². The van der Waals surface area contributed by atoms with Crippen LogP contribution in [0.15, 0.2) is 41.6 Å². The molecule has 1 fully saturated rings. The number of hydrogen-bond acceptors (Lipinski definition) is 12. The number of nitrogens with zero attached hydrogens (tertiary/aromatic N) is 3. The lowest BCUT2D eigenvalue weighted by Crippen LogP contribution is -2.58. The summed E-state index contributed by atoms with van der Waals surface area (Å²) in [6.45, 7) is 12.2. The molecule has 0 aliphatic heterocycles. The van der Waals surface area contributed by atoms with E-state index in [4.69, 9.17) is 14.2 Å². The Labute approximate surface area is 318 Å². The van der Waals surface area contributed by atoms with Crippen molar-refractivity contribution in [2.45, 2.75) is 102 Å². The van der Waals surface area contributed by atoms with Crippen LogP contribution in [0.3, 0.4) is 0 Å². The quantitative estimate of drug-likeness (QED) is 0.137. The molecule has 1 heterocycles. The Balaban J connectivity index is 1.66. The van der Waals surface area contributed by atoms with E-state index < -0.39 is 66.3 Å². The molecule has 1 amide bonds. The number of carbonyl (C=O) groups is 1. The summed E-state index contributed by atoms with van der Waals surface area (Å²) < 4.78 is 97.0. The van der Waals surface area contributed by atoms with Crippen molar-refractivity contribution >= 4 is 49.8 Å². The highest BCUT2D eigenvalue weighted by atomic mass is 32.2. The van der Waals surface area contributed by atoms with Crippen LogP contribution in [-0.4, -0.2) is 71.6 Å². The first-order chi connectivity index (χ1) is 24.7. The summed E-state index contributed by atoms with van der Waals surface area (Å²) in [4.78, 5) is 16.0. The second kappa shape index (κ2) is 17.3. The van der Waals surface area contributed by atoms with Gasteiger partial charge in [-0.15, -0.1) is 4.72 Å². The molecule has 0 bridgehead atoms. The van der Waals surface area contributed by atoms with Crippen molar-refractivity contribution in [1.82, 2.24) is 19.4 Å². The molecule has 0 saturated heterocycles. The van der Waals surface area contributed by atoms with Crippen LogP contribution in [-0.2, 0) is 32.7 Å². The number of aromatic nitrogens is 2. The maximum absolute atomic E-state index is 16.0. The van der Waals surface area contributed by atoms with Gasteiger partial charge in [-0.2, -0.15) is 4.37 Å². The van der Waals surface area contributed by atoms with Gasteiger partial charge in [0.25, 0.3) is 10.0 Å². The smallest absolute Gasteiger partial charge is 0.407 e. The fourth-order valence-electron chi connectivity index (χ4n) is 5.73. The molecule has 1 aliphatic rings. The van der Waals surface area contributed by atoms with Gasteiger partial charge in [0, 0.05) is 59.1 Å². The average Bonchev–Trinajstić information content (AvgIpc) is 3.57. The molecule has 18 heteroatoms. The third kappa shape index (κ3) is 10.8. The van der Waals surface area contributed by atoms with Crippen LogP contribution in [0.1, 0.15) is 73.3 Å². The maximum atomic E-state index is 16.0. The number of nitrogens with one attached hydrogen (secondary N) is 3. The minimum atomic E-state index is -4.75. The molecular formula is C35H50F2N6O7S3. The van der Waals surface area contributed by atoms with Crippen LogP contribution in [0, 0.1) is 23.5 Å². The van der Waals surface area contributed by atoms with E-state index in [1.165, 1.54) is 14.2 Å². The summed E-state index contributed by atoms with van der Waals surface area (Å²) >= 11 is -0.708. The highest BCUT2D eigenvalue weighted by Crippen LogP contribution is 2.37. The first-order valence-electron chi connectivity index (χ1n) is 17.2. The largest absolute Gasteiger partial charge is 0.598 e. The van der Waals surface area contributed by atoms with Crippen molar-refractivity contribution in [1.29, 1.82) is 0 Å². The van der Waals surface area contributed by atoms with Gasteiger partial charge in [-0.25, -0.2) is 31.3 Å². The molecule has 0 spiro atoms. The van der Waals surface area contributed by atoms with Gasteiger partial charge in [-0.3, -0.25) is 0 Å². The fraction of sp³-hybridized carbons (Fsp3) is 0.571. The molecule has 1 saturated carbocycles. The van der Waals surface area contributed by atoms with E-state index in [0.717, 1.165) is 47.5 Å². The lowest BCUT2D eigenvalue weighted by Gasteiger charge is -2.42. The van der Waals surface area contributed by atoms with E-state index in [9.17, 15) is 17.8 Å². The second-order valence-corrected chi connectivity index (χ2v) is 19.5. The van der Waals surface area contributed by atoms with E-state index in [1.807, 2.05) is 20.8 Å². The molecule has 294 valence electrons. The Morgan fingerprint density at radius 2 is 1.79 bits per heavy atom. The molecular weight excluding hydrogens is 751 g/mol. The number of ether oxygens (including phenoxy) is 3. The lowest BCUT2D eigenvalue weighted by molar-refractivity contribution is 0.0477. The number of methoxy groups -OCH3 is 2. The molecule has 3 N–H and O–H groups in total. The normalized spacial score (nSPS) is 16.2. The summed E-state index contributed by atoms with van der Waals surface area (Å²) in [5.41, 5.74) is -0.639. The van der Waals surface area contributed by atoms with Crippen molar-refractivity contribution in [2.75, 3.05) is 30.4 Å². The molecule has 1 aliphatic carbocycles. The highest BCUT2D eigenvalue weighted by Gasteiger charge is 2.42. The first-order valence-corrected chi connectivity index (χ1v) is 20.5. The molecule has 1 unspecified atom stereocenters. The van der Waals surface area contributed by atoms with Gasteiger partial charge in [0.15, 0.2) is 0 Å². The molecule has 13 nitrogen and oxygen atoms in total. The number of amides is 1. The summed E-state index contributed by atoms with van der Waals surface area (Å²) in [6.07, 6.45) is 3.21. The zero-order valence-corrected chi connectivity index (χ0v) is 33.9. The number of sulfonamides is 1. The summed E-state index contributed by atoms with van der Waals surface area (Å²) in [5, 5.41) is 5.75. The van der Waals surface area contributed by atoms with Crippen molar-refractivity contribution in [2.24, 2.45) is 11.8 Å². The highest BCUT2D eigenvalue weighted by molar-refractivity contribution is 7.93. The third-order valence-electron chi connectivity index (χ3n) is 8.79.